The quantitative estimate of drug-likeness (QED) is 0.795. The van der Waals surface area contributed by atoms with E-state index >= 15 is 0 Å². The second-order valence-electron chi connectivity index (χ2n) is 4.42. The third kappa shape index (κ3) is 5.74. The van der Waals surface area contributed by atoms with Crippen LogP contribution in [0.1, 0.15) is 6.42 Å². The maximum absolute atomic E-state index is 13.1. The number of carbonyl (C=O) groups is 1. The van der Waals surface area contributed by atoms with E-state index in [4.69, 9.17) is 0 Å². The smallest absolute Gasteiger partial charge is 0.241 e. The van der Waals surface area contributed by atoms with Crippen molar-refractivity contribution in [2.75, 3.05) is 11.9 Å². The number of amides is 1. The molecule has 1 saturated heterocycles. The van der Waals surface area contributed by atoms with Crippen LogP contribution >= 0.6 is 0 Å². The number of halogens is 1. The summed E-state index contributed by atoms with van der Waals surface area (Å²) in [6.45, 7) is 0.857. The minimum absolute atomic E-state index is 0. The fourth-order valence-electron chi connectivity index (χ4n) is 1.68. The Labute approximate surface area is 136 Å². The van der Waals surface area contributed by atoms with Crippen LogP contribution in [-0.4, -0.2) is 18.5 Å². The largest absolute Gasteiger partial charge is 0.322 e. The first-order chi connectivity index (χ1) is 9.77. The van der Waals surface area contributed by atoms with Crippen LogP contribution in [0.3, 0.4) is 0 Å². The van der Waals surface area contributed by atoms with Crippen molar-refractivity contribution in [1.29, 1.82) is 0 Å². The van der Waals surface area contributed by atoms with Crippen molar-refractivity contribution in [2.45, 2.75) is 12.5 Å². The Hall–Kier alpha value is -1.58. The Morgan fingerprint density at radius 1 is 1.05 bits per heavy atom. The minimum Gasteiger partial charge on any atom is -0.322 e. The third-order valence-corrected chi connectivity index (χ3v) is 2.94. The van der Waals surface area contributed by atoms with Crippen LogP contribution in [0.25, 0.3) is 0 Å². The topological polar surface area (TPSA) is 41.1 Å². The van der Waals surface area contributed by atoms with Crippen LogP contribution in [0.2, 0.25) is 0 Å². The van der Waals surface area contributed by atoms with Gasteiger partial charge in [0.25, 0.3) is 0 Å². The van der Waals surface area contributed by atoms with Crippen molar-refractivity contribution < 1.29 is 28.7 Å². The first-order valence-corrected chi connectivity index (χ1v) is 6.56. The fraction of sp³-hybridized carbons (Fsp3) is 0.188. The molecule has 3 nitrogen and oxygen atoms in total. The number of carbonyl (C=O) groups excluding carboxylic acids is 1. The summed E-state index contributed by atoms with van der Waals surface area (Å²) in [4.78, 5) is 11.4. The van der Waals surface area contributed by atoms with Crippen molar-refractivity contribution in [3.63, 3.8) is 0 Å². The maximum Gasteiger partial charge on any atom is 0.241 e. The Kier molecular flexibility index (Phi) is 7.80. The van der Waals surface area contributed by atoms with Gasteiger partial charge in [0, 0.05) is 19.5 Å². The van der Waals surface area contributed by atoms with E-state index in [2.05, 4.69) is 10.6 Å². The molecule has 0 unspecified atom stereocenters. The van der Waals surface area contributed by atoms with Crippen molar-refractivity contribution in [3.8, 4) is 0 Å². The maximum atomic E-state index is 13.1. The van der Waals surface area contributed by atoms with Crippen LogP contribution in [0, 0.1) is 5.82 Å². The van der Waals surface area contributed by atoms with Crippen molar-refractivity contribution in [2.24, 2.45) is 0 Å². The second-order valence-corrected chi connectivity index (χ2v) is 4.42. The normalized spacial score (nSPS) is 15.6. The van der Waals surface area contributed by atoms with Gasteiger partial charge in [-0.25, -0.2) is 4.39 Å². The summed E-state index contributed by atoms with van der Waals surface area (Å²) in [7, 11) is 0. The first-order valence-electron chi connectivity index (χ1n) is 6.56. The molecule has 0 aromatic heterocycles. The molecule has 0 spiro atoms. The van der Waals surface area contributed by atoms with E-state index in [1.165, 1.54) is 6.07 Å². The molecular formula is C16H17FN2ORu. The SMILES string of the molecule is O=C(Nc1ccccc1F)[C@@H]1CCN1.[Ru].c1ccccc1. The Morgan fingerprint density at radius 2 is 1.57 bits per heavy atom. The van der Waals surface area contributed by atoms with Crippen LogP contribution in [0.15, 0.2) is 60.7 Å². The molecule has 0 aliphatic carbocycles. The Morgan fingerprint density at radius 3 is 2.00 bits per heavy atom. The zero-order valence-electron chi connectivity index (χ0n) is 11.4. The van der Waals surface area contributed by atoms with Crippen LogP contribution in [0.4, 0.5) is 10.1 Å². The average Bonchev–Trinajstić information content (AvgIpc) is 2.42. The molecule has 2 N–H and O–H groups in total. The molecule has 1 fully saturated rings. The van der Waals surface area contributed by atoms with Gasteiger partial charge < -0.3 is 10.6 Å². The molecule has 2 aromatic carbocycles. The second kappa shape index (κ2) is 9.38. The minimum atomic E-state index is -0.403. The van der Waals surface area contributed by atoms with Gasteiger partial charge in [-0.1, -0.05) is 48.5 Å². The van der Waals surface area contributed by atoms with Gasteiger partial charge in [-0.2, -0.15) is 0 Å². The molecule has 1 heterocycles. The predicted octanol–water partition coefficient (Wildman–Crippen LogP) is 2.81. The van der Waals surface area contributed by atoms with Gasteiger partial charge in [-0.05, 0) is 25.1 Å². The molecule has 1 atom stereocenters. The predicted molar refractivity (Wildman–Crippen MR) is 77.9 cm³/mol. The van der Waals surface area contributed by atoms with E-state index in [-0.39, 0.29) is 37.1 Å². The summed E-state index contributed by atoms with van der Waals surface area (Å²) >= 11 is 0. The van der Waals surface area contributed by atoms with E-state index in [0.29, 0.717) is 0 Å². The molecule has 5 heteroatoms. The monoisotopic (exact) mass is 374 g/mol. The first kappa shape index (κ1) is 17.5. The molecule has 1 aliphatic heterocycles. The van der Waals surface area contributed by atoms with Crippen molar-refractivity contribution in [3.05, 3.63) is 66.5 Å². The van der Waals surface area contributed by atoms with Gasteiger partial charge >= 0.3 is 0 Å². The Balaban J connectivity index is 0.000000267. The fourth-order valence-corrected chi connectivity index (χ4v) is 1.68. The van der Waals surface area contributed by atoms with E-state index < -0.39 is 5.82 Å². The molecule has 112 valence electrons. The summed E-state index contributed by atoms with van der Waals surface area (Å²) in [5, 5.41) is 5.49. The van der Waals surface area contributed by atoms with E-state index in [0.717, 1.165) is 13.0 Å². The van der Waals surface area contributed by atoms with E-state index in [1.807, 2.05) is 36.4 Å². The average molecular weight is 373 g/mol. The van der Waals surface area contributed by atoms with Gasteiger partial charge in [-0.3, -0.25) is 4.79 Å². The molecule has 2 aromatic rings. The van der Waals surface area contributed by atoms with Gasteiger partial charge in [-0.15, -0.1) is 0 Å². The van der Waals surface area contributed by atoms with Crippen LogP contribution in [-0.2, 0) is 24.3 Å². The zero-order chi connectivity index (χ0) is 14.2. The molecule has 1 aliphatic rings. The molecular weight excluding hydrogens is 356 g/mol. The standard InChI is InChI=1S/C10H11FN2O.C6H6.Ru/c11-7-3-1-2-4-8(7)13-10(14)9-5-6-12-9;1-2-4-6-5-3-1;/h1-4,9,12H,5-6H2,(H,13,14);1-6H;/t9-;;/m0../s1. The van der Waals surface area contributed by atoms with Crippen molar-refractivity contribution in [1.82, 2.24) is 5.32 Å². The molecule has 0 saturated carbocycles. The summed E-state index contributed by atoms with van der Waals surface area (Å²) < 4.78 is 13.1. The third-order valence-electron chi connectivity index (χ3n) is 2.94. The zero-order valence-corrected chi connectivity index (χ0v) is 13.1. The number of rotatable bonds is 2. The molecule has 3 rings (SSSR count). The summed E-state index contributed by atoms with van der Waals surface area (Å²) in [5.74, 6) is -0.568. The number of hydrogen-bond acceptors (Lipinski definition) is 2. The summed E-state index contributed by atoms with van der Waals surface area (Å²) in [5.41, 5.74) is 0.242. The van der Waals surface area contributed by atoms with Gasteiger partial charge in [0.2, 0.25) is 5.91 Å². The van der Waals surface area contributed by atoms with Gasteiger partial charge in [0.1, 0.15) is 5.82 Å². The number of anilines is 1. The number of para-hydroxylation sites is 1. The number of nitrogens with one attached hydrogen (secondary N) is 2. The van der Waals surface area contributed by atoms with Gasteiger partial charge in [0.15, 0.2) is 0 Å². The van der Waals surface area contributed by atoms with E-state index in [1.54, 1.807) is 18.2 Å². The molecule has 1 amide bonds. The van der Waals surface area contributed by atoms with Crippen LogP contribution in [0.5, 0.6) is 0 Å². The van der Waals surface area contributed by atoms with Gasteiger partial charge in [0.05, 0.1) is 11.7 Å². The van der Waals surface area contributed by atoms with Crippen LogP contribution < -0.4 is 10.6 Å². The number of benzene rings is 2. The van der Waals surface area contributed by atoms with Crippen molar-refractivity contribution >= 4 is 11.6 Å². The Bertz CT molecular complexity index is 520. The summed E-state index contributed by atoms with van der Waals surface area (Å²) in [6, 6.07) is 18.0. The van der Waals surface area contributed by atoms with E-state index in [9.17, 15) is 9.18 Å². The summed E-state index contributed by atoms with van der Waals surface area (Å²) in [6.07, 6.45) is 0.820. The molecule has 0 radical (unpaired) electrons. The molecule has 21 heavy (non-hydrogen) atoms. The molecule has 0 bridgehead atoms. The number of hydrogen-bond donors (Lipinski definition) is 2.